The van der Waals surface area contributed by atoms with Gasteiger partial charge >= 0.3 is 6.03 Å². The molecule has 2 aliphatic rings. The van der Waals surface area contributed by atoms with Gasteiger partial charge in [0.15, 0.2) is 0 Å². The van der Waals surface area contributed by atoms with E-state index in [9.17, 15) is 4.79 Å². The van der Waals surface area contributed by atoms with Gasteiger partial charge in [-0.2, -0.15) is 11.8 Å². The van der Waals surface area contributed by atoms with E-state index in [2.05, 4.69) is 34.4 Å². The summed E-state index contributed by atoms with van der Waals surface area (Å²) >= 11 is 1.98. The Labute approximate surface area is 160 Å². The van der Waals surface area contributed by atoms with Crippen molar-refractivity contribution in [3.05, 3.63) is 18.3 Å². The number of nitrogens with zero attached hydrogens (tertiary/aromatic N) is 2. The van der Waals surface area contributed by atoms with Gasteiger partial charge in [0.25, 0.3) is 0 Å². The SMILES string of the molecule is C[C@H]1CN(c2ccc(NC(=O)NCCSC3CCCC3)cn2)C[C@H](C)O1. The van der Waals surface area contributed by atoms with Gasteiger partial charge in [0.2, 0.25) is 0 Å². The number of thioether (sulfide) groups is 1. The number of anilines is 2. The minimum absolute atomic E-state index is 0.166. The molecule has 0 radical (unpaired) electrons. The summed E-state index contributed by atoms with van der Waals surface area (Å²) in [6.07, 6.45) is 7.49. The average Bonchev–Trinajstić information content (AvgIpc) is 3.12. The lowest BCUT2D eigenvalue weighted by atomic mass is 10.2. The number of urea groups is 1. The molecule has 0 spiro atoms. The monoisotopic (exact) mass is 378 g/mol. The number of ether oxygens (including phenoxy) is 1. The van der Waals surface area contributed by atoms with Crippen LogP contribution in [0.5, 0.6) is 0 Å². The molecule has 2 fully saturated rings. The summed E-state index contributed by atoms with van der Waals surface area (Å²) in [4.78, 5) is 18.7. The Morgan fingerprint density at radius 2 is 2.00 bits per heavy atom. The molecule has 1 aliphatic carbocycles. The Morgan fingerprint density at radius 1 is 1.27 bits per heavy atom. The Morgan fingerprint density at radius 3 is 2.65 bits per heavy atom. The van der Waals surface area contributed by atoms with Gasteiger partial charge in [-0.05, 0) is 38.8 Å². The number of rotatable bonds is 6. The van der Waals surface area contributed by atoms with Crippen molar-refractivity contribution in [2.24, 2.45) is 0 Å². The topological polar surface area (TPSA) is 66.5 Å². The first-order valence-corrected chi connectivity index (χ1v) is 10.7. The molecule has 6 nitrogen and oxygen atoms in total. The molecule has 144 valence electrons. The zero-order chi connectivity index (χ0) is 18.4. The van der Waals surface area contributed by atoms with E-state index in [1.807, 2.05) is 23.9 Å². The second-order valence-corrected chi connectivity index (χ2v) is 8.63. The molecule has 0 bridgehead atoms. The Balaban J connectivity index is 1.39. The lowest BCUT2D eigenvalue weighted by Gasteiger charge is -2.36. The standard InChI is InChI=1S/C19H30N4O2S/c1-14-12-23(13-15(2)25-14)18-8-7-16(11-21-18)22-19(24)20-9-10-26-17-5-3-4-6-17/h7-8,11,14-15,17H,3-6,9-10,12-13H2,1-2H3,(H2,20,22,24)/t14-,15-/m0/s1. The molecule has 26 heavy (non-hydrogen) atoms. The molecule has 1 aromatic heterocycles. The van der Waals surface area contributed by atoms with Gasteiger partial charge < -0.3 is 20.3 Å². The maximum Gasteiger partial charge on any atom is 0.319 e. The largest absolute Gasteiger partial charge is 0.372 e. The Kier molecular flexibility index (Phi) is 7.02. The normalized spacial score (nSPS) is 23.8. The van der Waals surface area contributed by atoms with Crippen LogP contribution in [0.4, 0.5) is 16.3 Å². The molecular formula is C19H30N4O2S. The predicted octanol–water partition coefficient (Wildman–Crippen LogP) is 3.49. The highest BCUT2D eigenvalue weighted by Gasteiger charge is 2.23. The molecule has 2 amide bonds. The number of hydrogen-bond acceptors (Lipinski definition) is 5. The summed E-state index contributed by atoms with van der Waals surface area (Å²) in [7, 11) is 0. The van der Waals surface area contributed by atoms with E-state index in [1.54, 1.807) is 6.20 Å². The van der Waals surface area contributed by atoms with Gasteiger partial charge in [0, 0.05) is 30.6 Å². The van der Waals surface area contributed by atoms with Crippen LogP contribution in [0.3, 0.4) is 0 Å². The number of carbonyl (C=O) groups excluding carboxylic acids is 1. The molecule has 1 saturated heterocycles. The van der Waals surface area contributed by atoms with E-state index in [0.29, 0.717) is 12.2 Å². The van der Waals surface area contributed by atoms with E-state index in [1.165, 1.54) is 25.7 Å². The van der Waals surface area contributed by atoms with Crippen LogP contribution in [-0.2, 0) is 4.74 Å². The van der Waals surface area contributed by atoms with Crippen LogP contribution >= 0.6 is 11.8 Å². The van der Waals surface area contributed by atoms with Crippen molar-refractivity contribution in [2.75, 3.05) is 35.6 Å². The first kappa shape index (κ1) is 19.3. The fourth-order valence-corrected chi connectivity index (χ4v) is 4.85. The van der Waals surface area contributed by atoms with Crippen LogP contribution < -0.4 is 15.5 Å². The van der Waals surface area contributed by atoms with Crippen molar-refractivity contribution >= 4 is 29.3 Å². The maximum atomic E-state index is 12.0. The number of aromatic nitrogens is 1. The van der Waals surface area contributed by atoms with Crippen LogP contribution in [0.15, 0.2) is 18.3 Å². The minimum Gasteiger partial charge on any atom is -0.372 e. The third-order valence-electron chi connectivity index (χ3n) is 4.79. The highest BCUT2D eigenvalue weighted by molar-refractivity contribution is 7.99. The minimum atomic E-state index is -0.166. The van der Waals surface area contributed by atoms with Crippen LogP contribution in [-0.4, -0.2) is 53.9 Å². The van der Waals surface area contributed by atoms with E-state index >= 15 is 0 Å². The number of pyridine rings is 1. The Hall–Kier alpha value is -1.47. The van der Waals surface area contributed by atoms with Crippen LogP contribution in [0.2, 0.25) is 0 Å². The second kappa shape index (κ2) is 9.46. The smallest absolute Gasteiger partial charge is 0.319 e. The first-order chi connectivity index (χ1) is 12.6. The van der Waals surface area contributed by atoms with Gasteiger partial charge in [0.1, 0.15) is 5.82 Å². The van der Waals surface area contributed by atoms with Crippen molar-refractivity contribution in [1.82, 2.24) is 10.3 Å². The summed E-state index contributed by atoms with van der Waals surface area (Å²) in [6, 6.07) is 3.69. The van der Waals surface area contributed by atoms with Crippen molar-refractivity contribution in [2.45, 2.75) is 57.0 Å². The zero-order valence-corrected chi connectivity index (χ0v) is 16.6. The quantitative estimate of drug-likeness (QED) is 0.742. The van der Waals surface area contributed by atoms with Crippen molar-refractivity contribution in [3.63, 3.8) is 0 Å². The van der Waals surface area contributed by atoms with Crippen LogP contribution in [0.1, 0.15) is 39.5 Å². The lowest BCUT2D eigenvalue weighted by molar-refractivity contribution is -0.00545. The second-order valence-electron chi connectivity index (χ2n) is 7.23. The summed E-state index contributed by atoms with van der Waals surface area (Å²) in [5.74, 6) is 1.90. The van der Waals surface area contributed by atoms with E-state index in [-0.39, 0.29) is 18.2 Å². The fourth-order valence-electron chi connectivity index (χ4n) is 3.63. The predicted molar refractivity (Wildman–Crippen MR) is 108 cm³/mol. The summed E-state index contributed by atoms with van der Waals surface area (Å²) in [5.41, 5.74) is 0.712. The van der Waals surface area contributed by atoms with Gasteiger partial charge in [-0.25, -0.2) is 9.78 Å². The van der Waals surface area contributed by atoms with Gasteiger partial charge in [-0.1, -0.05) is 12.8 Å². The number of morpholine rings is 1. The number of amides is 2. The van der Waals surface area contributed by atoms with Crippen molar-refractivity contribution in [1.29, 1.82) is 0 Å². The number of hydrogen-bond donors (Lipinski definition) is 2. The molecular weight excluding hydrogens is 348 g/mol. The van der Waals surface area contributed by atoms with E-state index in [0.717, 1.165) is 29.9 Å². The number of carbonyl (C=O) groups is 1. The Bertz CT molecular complexity index is 567. The molecule has 7 heteroatoms. The third kappa shape index (κ3) is 5.77. The molecule has 0 aromatic carbocycles. The summed E-state index contributed by atoms with van der Waals surface area (Å²) in [6.45, 7) is 6.52. The third-order valence-corrected chi connectivity index (χ3v) is 6.18. The summed E-state index contributed by atoms with van der Waals surface area (Å²) < 4.78 is 5.76. The van der Waals surface area contributed by atoms with Gasteiger partial charge in [-0.3, -0.25) is 0 Å². The van der Waals surface area contributed by atoms with Crippen molar-refractivity contribution < 1.29 is 9.53 Å². The van der Waals surface area contributed by atoms with Crippen LogP contribution in [0.25, 0.3) is 0 Å². The van der Waals surface area contributed by atoms with E-state index in [4.69, 9.17) is 4.74 Å². The molecule has 3 rings (SSSR count). The highest BCUT2D eigenvalue weighted by atomic mass is 32.2. The highest BCUT2D eigenvalue weighted by Crippen LogP contribution is 2.28. The molecule has 0 unspecified atom stereocenters. The molecule has 2 heterocycles. The maximum absolute atomic E-state index is 12.0. The van der Waals surface area contributed by atoms with E-state index < -0.39 is 0 Å². The van der Waals surface area contributed by atoms with Crippen molar-refractivity contribution in [3.8, 4) is 0 Å². The fraction of sp³-hybridized carbons (Fsp3) is 0.684. The number of nitrogens with one attached hydrogen (secondary N) is 2. The van der Waals surface area contributed by atoms with Crippen LogP contribution in [0, 0.1) is 0 Å². The molecule has 1 aliphatic heterocycles. The zero-order valence-electron chi connectivity index (χ0n) is 15.7. The van der Waals surface area contributed by atoms with Gasteiger partial charge in [-0.15, -0.1) is 0 Å². The average molecular weight is 379 g/mol. The lowest BCUT2D eigenvalue weighted by Crippen LogP contribution is -2.45. The summed E-state index contributed by atoms with van der Waals surface area (Å²) in [5, 5.41) is 6.57. The van der Waals surface area contributed by atoms with Gasteiger partial charge in [0.05, 0.1) is 24.1 Å². The molecule has 2 atom stereocenters. The molecule has 2 N–H and O–H groups in total. The first-order valence-electron chi connectivity index (χ1n) is 9.63. The molecule has 1 aromatic rings. The molecule has 1 saturated carbocycles.